The number of aliphatic carboxylic acids is 1. The zero-order valence-corrected chi connectivity index (χ0v) is 7.71. The second-order valence-electron chi connectivity index (χ2n) is 2.73. The maximum Gasteiger partial charge on any atom is 0.377 e. The SMILES string of the molecule is N#Cc1cc([N+](=O)[O-])ccc1C(=O)C(=O)O. The molecule has 0 saturated carbocycles. The maximum absolute atomic E-state index is 11.1. The topological polar surface area (TPSA) is 121 Å². The number of nitro benzene ring substituents is 1. The number of hydrogen-bond donors (Lipinski definition) is 1. The van der Waals surface area contributed by atoms with E-state index >= 15 is 0 Å². The molecule has 0 atom stereocenters. The Morgan fingerprint density at radius 2 is 2.06 bits per heavy atom. The highest BCUT2D eigenvalue weighted by molar-refractivity contribution is 6.40. The fourth-order valence-corrected chi connectivity index (χ4v) is 1.05. The molecule has 0 fully saturated rings. The van der Waals surface area contributed by atoms with Gasteiger partial charge in [-0.05, 0) is 6.07 Å². The smallest absolute Gasteiger partial charge is 0.377 e. The summed E-state index contributed by atoms with van der Waals surface area (Å²) >= 11 is 0. The number of hydrogen-bond acceptors (Lipinski definition) is 5. The van der Waals surface area contributed by atoms with Gasteiger partial charge >= 0.3 is 5.97 Å². The zero-order valence-electron chi connectivity index (χ0n) is 7.71. The number of Topliss-reactive ketones (excluding diaryl/α,β-unsaturated/α-hetero) is 1. The molecule has 16 heavy (non-hydrogen) atoms. The summed E-state index contributed by atoms with van der Waals surface area (Å²) < 4.78 is 0. The minimum absolute atomic E-state index is 0.332. The molecule has 7 nitrogen and oxygen atoms in total. The third-order valence-corrected chi connectivity index (χ3v) is 1.77. The van der Waals surface area contributed by atoms with Crippen LogP contribution in [-0.2, 0) is 4.79 Å². The van der Waals surface area contributed by atoms with Crippen LogP contribution in [0.1, 0.15) is 15.9 Å². The number of benzene rings is 1. The van der Waals surface area contributed by atoms with Crippen molar-refractivity contribution >= 4 is 17.4 Å². The highest BCUT2D eigenvalue weighted by Gasteiger charge is 2.20. The van der Waals surface area contributed by atoms with Gasteiger partial charge in [0, 0.05) is 17.7 Å². The molecule has 0 radical (unpaired) electrons. The second-order valence-corrected chi connectivity index (χ2v) is 2.73. The van der Waals surface area contributed by atoms with Crippen LogP contribution in [0, 0.1) is 21.4 Å². The minimum Gasteiger partial charge on any atom is -0.475 e. The molecular formula is C9H4N2O5. The van der Waals surface area contributed by atoms with Crippen molar-refractivity contribution in [1.29, 1.82) is 5.26 Å². The molecule has 0 unspecified atom stereocenters. The van der Waals surface area contributed by atoms with Gasteiger partial charge < -0.3 is 5.11 Å². The van der Waals surface area contributed by atoms with Gasteiger partial charge in [-0.3, -0.25) is 14.9 Å². The lowest BCUT2D eigenvalue weighted by Gasteiger charge is -1.98. The molecule has 0 amide bonds. The normalized spacial score (nSPS) is 9.19. The van der Waals surface area contributed by atoms with E-state index < -0.39 is 16.7 Å². The number of carboxylic acids is 1. The van der Waals surface area contributed by atoms with Gasteiger partial charge in [0.25, 0.3) is 11.5 Å². The Bertz CT molecular complexity index is 529. The van der Waals surface area contributed by atoms with Gasteiger partial charge in [-0.1, -0.05) is 0 Å². The van der Waals surface area contributed by atoms with Gasteiger partial charge in [-0.25, -0.2) is 4.79 Å². The highest BCUT2D eigenvalue weighted by Crippen LogP contribution is 2.17. The Morgan fingerprint density at radius 1 is 1.44 bits per heavy atom. The third-order valence-electron chi connectivity index (χ3n) is 1.77. The average Bonchev–Trinajstić information content (AvgIpc) is 2.26. The molecule has 0 aliphatic rings. The predicted octanol–water partition coefficient (Wildman–Crippen LogP) is 0.734. The molecule has 1 rings (SSSR count). The second kappa shape index (κ2) is 4.18. The van der Waals surface area contributed by atoms with Crippen molar-refractivity contribution < 1.29 is 19.6 Å². The summed E-state index contributed by atoms with van der Waals surface area (Å²) in [6, 6.07) is 4.32. The monoisotopic (exact) mass is 220 g/mol. The van der Waals surface area contributed by atoms with E-state index in [1.165, 1.54) is 6.07 Å². The van der Waals surface area contributed by atoms with Gasteiger partial charge in [-0.2, -0.15) is 5.26 Å². The molecule has 1 aromatic carbocycles. The summed E-state index contributed by atoms with van der Waals surface area (Å²) in [6.45, 7) is 0. The molecule has 1 N–H and O–H groups in total. The van der Waals surface area contributed by atoms with Crippen LogP contribution in [0.5, 0.6) is 0 Å². The third kappa shape index (κ3) is 2.01. The molecule has 0 bridgehead atoms. The van der Waals surface area contributed by atoms with E-state index in [0.29, 0.717) is 0 Å². The lowest BCUT2D eigenvalue weighted by Crippen LogP contribution is -2.14. The van der Waals surface area contributed by atoms with E-state index in [1.807, 2.05) is 0 Å². The first-order valence-corrected chi connectivity index (χ1v) is 3.93. The van der Waals surface area contributed by atoms with Gasteiger partial charge in [0.15, 0.2) is 0 Å². The van der Waals surface area contributed by atoms with Crippen molar-refractivity contribution in [1.82, 2.24) is 0 Å². The fourth-order valence-electron chi connectivity index (χ4n) is 1.05. The quantitative estimate of drug-likeness (QED) is 0.347. The molecule has 1 aromatic rings. The predicted molar refractivity (Wildman–Crippen MR) is 49.8 cm³/mol. The van der Waals surface area contributed by atoms with Gasteiger partial charge in [0.05, 0.1) is 10.5 Å². The number of carbonyl (C=O) groups excluding carboxylic acids is 1. The van der Waals surface area contributed by atoms with Crippen molar-refractivity contribution in [2.75, 3.05) is 0 Å². The lowest BCUT2D eigenvalue weighted by atomic mass is 10.0. The molecule has 0 aromatic heterocycles. The Labute approximate surface area is 88.7 Å². The first-order chi connectivity index (χ1) is 7.47. The van der Waals surface area contributed by atoms with Crippen LogP contribution in [0.4, 0.5) is 5.69 Å². The first kappa shape index (κ1) is 11.3. The number of nitriles is 1. The number of rotatable bonds is 3. The first-order valence-electron chi connectivity index (χ1n) is 3.93. The summed E-state index contributed by atoms with van der Waals surface area (Å²) in [5.41, 5.74) is -1.07. The maximum atomic E-state index is 11.1. The molecule has 0 heterocycles. The van der Waals surface area contributed by atoms with Crippen LogP contribution in [0.3, 0.4) is 0 Å². The summed E-state index contributed by atoms with van der Waals surface area (Å²) in [5.74, 6) is -2.99. The number of carboxylic acid groups (broad SMARTS) is 1. The number of nitrogens with zero attached hydrogens (tertiary/aromatic N) is 2. The lowest BCUT2D eigenvalue weighted by molar-refractivity contribution is -0.384. The van der Waals surface area contributed by atoms with Gasteiger partial charge in [-0.15, -0.1) is 0 Å². The van der Waals surface area contributed by atoms with Crippen molar-refractivity contribution in [3.8, 4) is 6.07 Å². The van der Waals surface area contributed by atoms with E-state index in [1.54, 1.807) is 0 Å². The van der Waals surface area contributed by atoms with Crippen molar-refractivity contribution in [3.63, 3.8) is 0 Å². The molecule has 0 saturated heterocycles. The zero-order chi connectivity index (χ0) is 12.3. The van der Waals surface area contributed by atoms with E-state index in [9.17, 15) is 19.7 Å². The summed E-state index contributed by atoms with van der Waals surface area (Å²) in [4.78, 5) is 31.1. The highest BCUT2D eigenvalue weighted by atomic mass is 16.6. The molecule has 0 aliphatic carbocycles. The largest absolute Gasteiger partial charge is 0.475 e. The van der Waals surface area contributed by atoms with Crippen LogP contribution >= 0.6 is 0 Å². The summed E-state index contributed by atoms with van der Waals surface area (Å²) in [7, 11) is 0. The number of non-ortho nitro benzene ring substituents is 1. The van der Waals surface area contributed by atoms with Crippen molar-refractivity contribution in [2.24, 2.45) is 0 Å². The fraction of sp³-hybridized carbons (Fsp3) is 0. The van der Waals surface area contributed by atoms with E-state index in [2.05, 4.69) is 0 Å². The van der Waals surface area contributed by atoms with Crippen LogP contribution in [0.25, 0.3) is 0 Å². The number of nitro groups is 1. The van der Waals surface area contributed by atoms with E-state index in [4.69, 9.17) is 10.4 Å². The molecule has 7 heteroatoms. The number of carbonyl (C=O) groups is 2. The Balaban J connectivity index is 3.34. The molecule has 0 aliphatic heterocycles. The van der Waals surface area contributed by atoms with Gasteiger partial charge in [0.2, 0.25) is 0 Å². The standard InChI is InChI=1S/C9H4N2O5/c10-4-5-3-6(11(15)16)1-2-7(5)8(12)9(13)14/h1-3H,(H,13,14). The molecular weight excluding hydrogens is 216 g/mol. The van der Waals surface area contributed by atoms with Gasteiger partial charge in [0.1, 0.15) is 6.07 Å². The van der Waals surface area contributed by atoms with Crippen LogP contribution in [-0.4, -0.2) is 21.8 Å². The molecule has 80 valence electrons. The number of ketones is 1. The molecule has 0 spiro atoms. The van der Waals surface area contributed by atoms with Crippen LogP contribution < -0.4 is 0 Å². The van der Waals surface area contributed by atoms with E-state index in [-0.39, 0.29) is 16.8 Å². The van der Waals surface area contributed by atoms with Crippen molar-refractivity contribution in [2.45, 2.75) is 0 Å². The Morgan fingerprint density at radius 3 is 2.50 bits per heavy atom. The average molecular weight is 220 g/mol. The Kier molecular flexibility index (Phi) is 2.96. The Hall–Kier alpha value is -2.75. The van der Waals surface area contributed by atoms with E-state index in [0.717, 1.165) is 18.2 Å². The summed E-state index contributed by atoms with van der Waals surface area (Å²) in [5, 5.41) is 27.5. The van der Waals surface area contributed by atoms with Crippen LogP contribution in [0.15, 0.2) is 18.2 Å². The summed E-state index contributed by atoms with van der Waals surface area (Å²) in [6.07, 6.45) is 0. The minimum atomic E-state index is -1.72. The van der Waals surface area contributed by atoms with Crippen LogP contribution in [0.2, 0.25) is 0 Å². The van der Waals surface area contributed by atoms with Crippen molar-refractivity contribution in [3.05, 3.63) is 39.4 Å².